The Morgan fingerprint density at radius 3 is 2.58 bits per heavy atom. The number of hydrogen-bond donors (Lipinski definition) is 2. The van der Waals surface area contributed by atoms with Gasteiger partial charge in [0.25, 0.3) is 11.8 Å². The Hall–Kier alpha value is -3.99. The largest absolute Gasteiger partial charge is 0.355 e. The van der Waals surface area contributed by atoms with Gasteiger partial charge in [0, 0.05) is 23.3 Å². The highest BCUT2D eigenvalue weighted by Gasteiger charge is 2.23. The van der Waals surface area contributed by atoms with Gasteiger partial charge in [-0.05, 0) is 61.0 Å². The molecule has 0 bridgehead atoms. The molecule has 0 atom stereocenters. The molecule has 2 amide bonds. The number of aromatic nitrogens is 6. The lowest BCUT2D eigenvalue weighted by molar-refractivity contribution is 0.0964. The molecule has 0 radical (unpaired) electrons. The molecule has 3 heterocycles. The average Bonchev–Trinajstić information content (AvgIpc) is 3.49. The van der Waals surface area contributed by atoms with E-state index in [9.17, 15) is 9.59 Å². The van der Waals surface area contributed by atoms with E-state index in [0.29, 0.717) is 37.5 Å². The zero-order valence-electron chi connectivity index (χ0n) is 20.0. The van der Waals surface area contributed by atoms with E-state index in [0.717, 1.165) is 5.52 Å². The van der Waals surface area contributed by atoms with E-state index >= 15 is 0 Å². The van der Waals surface area contributed by atoms with Gasteiger partial charge in [-0.1, -0.05) is 40.0 Å². The monoisotopic (exact) mass is 568 g/mol. The van der Waals surface area contributed by atoms with Crippen molar-refractivity contribution in [2.24, 2.45) is 0 Å². The zero-order chi connectivity index (χ0) is 27.0. The van der Waals surface area contributed by atoms with Gasteiger partial charge in [-0.25, -0.2) is 14.3 Å². The van der Waals surface area contributed by atoms with Crippen molar-refractivity contribution < 1.29 is 9.59 Å². The third kappa shape index (κ3) is 4.93. The molecule has 2 N–H and O–H groups in total. The maximum atomic E-state index is 13.6. The third-order valence-corrected chi connectivity index (χ3v) is 6.48. The van der Waals surface area contributed by atoms with Crippen LogP contribution in [0.5, 0.6) is 0 Å². The lowest BCUT2D eigenvalue weighted by Gasteiger charge is -2.14. The van der Waals surface area contributed by atoms with Gasteiger partial charge in [0.1, 0.15) is 11.2 Å². The summed E-state index contributed by atoms with van der Waals surface area (Å²) in [6, 6.07) is 13.3. The first-order valence-electron chi connectivity index (χ1n) is 11.3. The van der Waals surface area contributed by atoms with Crippen molar-refractivity contribution in [1.29, 1.82) is 0 Å². The van der Waals surface area contributed by atoms with Gasteiger partial charge in [0.15, 0.2) is 5.82 Å². The standard InChI is InChI=1S/C25H19Cl3N8O2/c1-13-8-15(27)9-17(24(37)29-2)22(13)31-25(38)21-11-16(33-36(21)23-18(28)4-3-7-30-23)12-35-20-6-5-14(26)10-19(20)32-34-35/h3-11H,12H2,1-2H3,(H,29,37)(H,31,38). The molecule has 192 valence electrons. The van der Waals surface area contributed by atoms with Crippen LogP contribution < -0.4 is 10.6 Å². The van der Waals surface area contributed by atoms with Crippen LogP contribution in [0.4, 0.5) is 5.69 Å². The minimum atomic E-state index is -0.531. The van der Waals surface area contributed by atoms with E-state index in [2.05, 4.69) is 31.0 Å². The Bertz CT molecular complexity index is 1710. The summed E-state index contributed by atoms with van der Waals surface area (Å²) in [5.74, 6) is -0.664. The molecule has 0 aliphatic rings. The predicted molar refractivity (Wildman–Crippen MR) is 146 cm³/mol. The molecular formula is C25H19Cl3N8O2. The smallest absolute Gasteiger partial charge is 0.274 e. The Morgan fingerprint density at radius 2 is 1.82 bits per heavy atom. The fourth-order valence-electron chi connectivity index (χ4n) is 3.98. The summed E-state index contributed by atoms with van der Waals surface area (Å²) in [7, 11) is 1.50. The number of rotatable bonds is 6. The Balaban J connectivity index is 1.57. The highest BCUT2D eigenvalue weighted by Crippen LogP contribution is 2.27. The zero-order valence-corrected chi connectivity index (χ0v) is 22.3. The van der Waals surface area contributed by atoms with Crippen molar-refractivity contribution in [3.05, 3.63) is 92.3 Å². The number of hydrogen-bond acceptors (Lipinski definition) is 6. The van der Waals surface area contributed by atoms with Crippen molar-refractivity contribution in [2.45, 2.75) is 13.5 Å². The first kappa shape index (κ1) is 25.7. The van der Waals surface area contributed by atoms with E-state index in [1.54, 1.807) is 54.2 Å². The average molecular weight is 570 g/mol. The Labute approximate surface area is 231 Å². The van der Waals surface area contributed by atoms with Crippen molar-refractivity contribution in [3.8, 4) is 5.82 Å². The van der Waals surface area contributed by atoms with Crippen molar-refractivity contribution in [1.82, 2.24) is 35.1 Å². The fourth-order valence-corrected chi connectivity index (χ4v) is 4.62. The number of nitrogens with zero attached hydrogens (tertiary/aromatic N) is 6. The highest BCUT2D eigenvalue weighted by atomic mass is 35.5. The molecule has 0 saturated carbocycles. The van der Waals surface area contributed by atoms with Gasteiger partial charge in [-0.15, -0.1) is 5.10 Å². The Kier molecular flexibility index (Phi) is 7.02. The van der Waals surface area contributed by atoms with Gasteiger partial charge in [-0.3, -0.25) is 9.59 Å². The fraction of sp³-hybridized carbons (Fsp3) is 0.120. The normalized spacial score (nSPS) is 11.1. The molecular weight excluding hydrogens is 551 g/mol. The summed E-state index contributed by atoms with van der Waals surface area (Å²) in [5, 5.41) is 19.6. The molecule has 0 unspecified atom stereocenters. The summed E-state index contributed by atoms with van der Waals surface area (Å²) < 4.78 is 3.00. The van der Waals surface area contributed by atoms with E-state index < -0.39 is 11.8 Å². The molecule has 0 saturated heterocycles. The maximum absolute atomic E-state index is 13.6. The van der Waals surface area contributed by atoms with Crippen LogP contribution in [0.25, 0.3) is 16.9 Å². The number of benzene rings is 2. The number of carbonyl (C=O) groups excluding carboxylic acids is 2. The SMILES string of the molecule is CNC(=O)c1cc(Cl)cc(C)c1NC(=O)c1cc(Cn2nnc3cc(Cl)ccc32)nn1-c1ncccc1Cl. The van der Waals surface area contributed by atoms with Crippen molar-refractivity contribution in [2.75, 3.05) is 12.4 Å². The van der Waals surface area contributed by atoms with Crippen LogP contribution in [0.2, 0.25) is 15.1 Å². The lowest BCUT2D eigenvalue weighted by atomic mass is 10.1. The molecule has 13 heteroatoms. The number of halogens is 3. The van der Waals surface area contributed by atoms with Gasteiger partial charge in [0.2, 0.25) is 0 Å². The van der Waals surface area contributed by atoms with Crippen molar-refractivity contribution in [3.63, 3.8) is 0 Å². The minimum absolute atomic E-state index is 0.144. The van der Waals surface area contributed by atoms with Gasteiger partial charge in [-0.2, -0.15) is 5.10 Å². The van der Waals surface area contributed by atoms with E-state index in [4.69, 9.17) is 34.8 Å². The third-order valence-electron chi connectivity index (χ3n) is 5.73. The van der Waals surface area contributed by atoms with E-state index in [1.165, 1.54) is 17.8 Å². The summed E-state index contributed by atoms with van der Waals surface area (Å²) >= 11 is 18.6. The van der Waals surface area contributed by atoms with Crippen LogP contribution in [0.15, 0.2) is 54.7 Å². The van der Waals surface area contributed by atoms with Crippen LogP contribution in [0, 0.1) is 6.92 Å². The molecule has 0 spiro atoms. The Morgan fingerprint density at radius 1 is 1.00 bits per heavy atom. The number of amides is 2. The van der Waals surface area contributed by atoms with E-state index in [-0.39, 0.29) is 23.6 Å². The maximum Gasteiger partial charge on any atom is 0.274 e. The van der Waals surface area contributed by atoms with Crippen LogP contribution >= 0.6 is 34.8 Å². The number of pyridine rings is 1. The predicted octanol–water partition coefficient (Wildman–Crippen LogP) is 4.94. The van der Waals surface area contributed by atoms with Gasteiger partial charge in [0.05, 0.1) is 34.0 Å². The minimum Gasteiger partial charge on any atom is -0.355 e. The van der Waals surface area contributed by atoms with Gasteiger partial charge < -0.3 is 10.6 Å². The van der Waals surface area contributed by atoms with Crippen LogP contribution in [0.3, 0.4) is 0 Å². The second kappa shape index (κ2) is 10.4. The first-order valence-corrected chi connectivity index (χ1v) is 12.4. The van der Waals surface area contributed by atoms with Crippen LogP contribution in [-0.2, 0) is 6.54 Å². The first-order chi connectivity index (χ1) is 18.2. The molecule has 0 aliphatic heterocycles. The number of fused-ring (bicyclic) bond motifs is 1. The molecule has 5 aromatic rings. The molecule has 38 heavy (non-hydrogen) atoms. The number of aryl methyl sites for hydroxylation is 1. The summed E-state index contributed by atoms with van der Waals surface area (Å²) in [6.07, 6.45) is 1.55. The van der Waals surface area contributed by atoms with Gasteiger partial charge >= 0.3 is 0 Å². The molecule has 0 aliphatic carbocycles. The van der Waals surface area contributed by atoms with E-state index in [1.807, 2.05) is 6.07 Å². The molecule has 3 aromatic heterocycles. The number of carbonyl (C=O) groups is 2. The number of anilines is 1. The van der Waals surface area contributed by atoms with Crippen molar-refractivity contribution >= 4 is 63.3 Å². The summed E-state index contributed by atoms with van der Waals surface area (Å²) in [6.45, 7) is 1.95. The summed E-state index contributed by atoms with van der Waals surface area (Å²) in [5.41, 5.74) is 3.17. The molecule has 5 rings (SSSR count). The summed E-state index contributed by atoms with van der Waals surface area (Å²) in [4.78, 5) is 30.5. The molecule has 0 fully saturated rings. The number of nitrogens with one attached hydrogen (secondary N) is 2. The van der Waals surface area contributed by atoms with Crippen LogP contribution in [-0.4, -0.2) is 48.6 Å². The quantitative estimate of drug-likeness (QED) is 0.299. The topological polar surface area (TPSA) is 120 Å². The second-order valence-electron chi connectivity index (χ2n) is 8.30. The molecule has 2 aromatic carbocycles. The highest BCUT2D eigenvalue weighted by molar-refractivity contribution is 6.32. The second-order valence-corrected chi connectivity index (χ2v) is 9.58. The molecule has 10 nitrogen and oxygen atoms in total. The van der Waals surface area contributed by atoms with Crippen LogP contribution in [0.1, 0.15) is 32.1 Å². The lowest BCUT2D eigenvalue weighted by Crippen LogP contribution is -2.23.